The van der Waals surface area contributed by atoms with Crippen LogP contribution in [0.3, 0.4) is 0 Å². The smallest absolute Gasteiger partial charge is 0.0837 e. The Bertz CT molecular complexity index is 540. The van der Waals surface area contributed by atoms with E-state index >= 15 is 0 Å². The molecule has 1 N–H and O–H groups in total. The molecular weight excluding hydrogens is 272 g/mol. The molecule has 4 nitrogen and oxygen atoms in total. The lowest BCUT2D eigenvalue weighted by Gasteiger charge is -2.20. The Kier molecular flexibility index (Phi) is 4.68. The van der Waals surface area contributed by atoms with Gasteiger partial charge in [-0.3, -0.25) is 4.68 Å². The van der Waals surface area contributed by atoms with Crippen molar-refractivity contribution in [1.29, 1.82) is 0 Å². The molecule has 0 fully saturated rings. The Labute approximate surface area is 125 Å². The zero-order valence-corrected chi connectivity index (χ0v) is 13.1. The molecule has 0 aliphatic rings. The zero-order valence-electron chi connectivity index (χ0n) is 12.4. The first-order valence-corrected chi connectivity index (χ1v) is 7.10. The molecular formula is C15H21ClN4. The third-order valence-corrected chi connectivity index (χ3v) is 3.65. The van der Waals surface area contributed by atoms with Crippen LogP contribution in [0.15, 0.2) is 30.5 Å². The number of hydrogen-bond acceptors (Lipinski definition) is 3. The number of rotatable bonds is 5. The molecule has 0 spiro atoms. The Hall–Kier alpha value is -1.52. The maximum absolute atomic E-state index is 6.28. The van der Waals surface area contributed by atoms with E-state index in [2.05, 4.69) is 46.5 Å². The van der Waals surface area contributed by atoms with Crippen molar-refractivity contribution in [1.82, 2.24) is 15.1 Å². The number of halogens is 1. The van der Waals surface area contributed by atoms with Crippen LogP contribution in [0, 0.1) is 0 Å². The first-order chi connectivity index (χ1) is 9.54. The molecule has 108 valence electrons. The summed E-state index contributed by atoms with van der Waals surface area (Å²) >= 11 is 6.28. The summed E-state index contributed by atoms with van der Waals surface area (Å²) in [6, 6.07) is 8.54. The lowest BCUT2D eigenvalue weighted by Crippen LogP contribution is -2.24. The monoisotopic (exact) mass is 292 g/mol. The van der Waals surface area contributed by atoms with Crippen LogP contribution in [0.4, 0.5) is 5.69 Å². The van der Waals surface area contributed by atoms with Crippen molar-refractivity contribution in [3.63, 3.8) is 0 Å². The molecule has 0 saturated heterocycles. The van der Waals surface area contributed by atoms with E-state index in [-0.39, 0.29) is 6.04 Å². The number of nitrogens with zero attached hydrogens (tertiary/aromatic N) is 3. The van der Waals surface area contributed by atoms with Gasteiger partial charge in [-0.1, -0.05) is 30.7 Å². The van der Waals surface area contributed by atoms with Crippen LogP contribution in [-0.4, -0.2) is 30.4 Å². The number of anilines is 1. The summed E-state index contributed by atoms with van der Waals surface area (Å²) in [5, 5.41) is 8.39. The first-order valence-electron chi connectivity index (χ1n) is 6.72. The highest BCUT2D eigenvalue weighted by Gasteiger charge is 2.20. The summed E-state index contributed by atoms with van der Waals surface area (Å²) < 4.78 is 1.83. The predicted octanol–water partition coefficient (Wildman–Crippen LogP) is 2.84. The lowest BCUT2D eigenvalue weighted by molar-refractivity contribution is 0.573. The molecule has 1 atom stereocenters. The van der Waals surface area contributed by atoms with Gasteiger partial charge in [0, 0.05) is 26.8 Å². The molecule has 0 amide bonds. The molecule has 1 aromatic heterocycles. The second-order valence-electron chi connectivity index (χ2n) is 4.98. The van der Waals surface area contributed by atoms with Crippen LogP contribution < -0.4 is 10.2 Å². The molecule has 0 bridgehead atoms. The van der Waals surface area contributed by atoms with E-state index in [9.17, 15) is 0 Å². The quantitative estimate of drug-likeness (QED) is 0.920. The number of benzene rings is 1. The predicted molar refractivity (Wildman–Crippen MR) is 84.5 cm³/mol. The van der Waals surface area contributed by atoms with E-state index in [0.717, 1.165) is 12.2 Å². The summed E-state index contributed by atoms with van der Waals surface area (Å²) in [7, 11) is 5.99. The molecule has 2 rings (SSSR count). The Morgan fingerprint density at radius 3 is 2.40 bits per heavy atom. The summed E-state index contributed by atoms with van der Waals surface area (Å²) in [6.07, 6.45) is 1.69. The van der Waals surface area contributed by atoms with Gasteiger partial charge >= 0.3 is 0 Å². The fraction of sp³-hybridized carbons (Fsp3) is 0.400. The van der Waals surface area contributed by atoms with Crippen LogP contribution in [0.25, 0.3) is 0 Å². The van der Waals surface area contributed by atoms with Crippen LogP contribution in [0.1, 0.15) is 24.2 Å². The first kappa shape index (κ1) is 14.9. The van der Waals surface area contributed by atoms with Crippen molar-refractivity contribution in [3.8, 4) is 0 Å². The number of aryl methyl sites for hydroxylation is 1. The molecule has 1 heterocycles. The van der Waals surface area contributed by atoms with E-state index in [1.807, 2.05) is 25.8 Å². The number of hydrogen-bond donors (Lipinski definition) is 1. The van der Waals surface area contributed by atoms with Gasteiger partial charge in [-0.15, -0.1) is 0 Å². The highest BCUT2D eigenvalue weighted by Crippen LogP contribution is 2.28. The van der Waals surface area contributed by atoms with Crippen molar-refractivity contribution in [3.05, 3.63) is 46.7 Å². The molecule has 2 aromatic rings. The van der Waals surface area contributed by atoms with E-state index in [0.29, 0.717) is 5.02 Å². The Morgan fingerprint density at radius 1 is 1.30 bits per heavy atom. The number of nitrogens with one attached hydrogen (secondary N) is 1. The minimum Gasteiger partial charge on any atom is -0.378 e. The third kappa shape index (κ3) is 2.97. The fourth-order valence-electron chi connectivity index (χ4n) is 2.29. The highest BCUT2D eigenvalue weighted by atomic mass is 35.5. The fourth-order valence-corrected chi connectivity index (χ4v) is 2.56. The molecule has 5 heteroatoms. The van der Waals surface area contributed by atoms with Gasteiger partial charge in [-0.2, -0.15) is 5.10 Å². The standard InChI is InChI=1S/C15H21ClN4/c1-5-17-14(15-13(16)10-18-20(15)4)11-6-8-12(9-7-11)19(2)3/h6-10,14,17H,5H2,1-4H3. The van der Waals surface area contributed by atoms with Gasteiger partial charge in [0.1, 0.15) is 0 Å². The van der Waals surface area contributed by atoms with Gasteiger partial charge in [0.25, 0.3) is 0 Å². The third-order valence-electron chi connectivity index (χ3n) is 3.36. The van der Waals surface area contributed by atoms with Gasteiger partial charge in [-0.05, 0) is 24.2 Å². The minimum atomic E-state index is 0.0520. The van der Waals surface area contributed by atoms with Crippen molar-refractivity contribution in [2.75, 3.05) is 25.5 Å². The second kappa shape index (κ2) is 6.29. The molecule has 0 radical (unpaired) electrons. The van der Waals surface area contributed by atoms with Gasteiger partial charge in [-0.25, -0.2) is 0 Å². The second-order valence-corrected chi connectivity index (χ2v) is 5.39. The zero-order chi connectivity index (χ0) is 14.7. The maximum atomic E-state index is 6.28. The van der Waals surface area contributed by atoms with E-state index < -0.39 is 0 Å². The SMILES string of the molecule is CCNC(c1ccc(N(C)C)cc1)c1c(Cl)cnn1C. The van der Waals surface area contributed by atoms with Gasteiger partial charge in [0.15, 0.2) is 0 Å². The summed E-state index contributed by atoms with van der Waals surface area (Å²) in [6.45, 7) is 2.95. The Balaban J connectivity index is 2.38. The molecule has 0 saturated carbocycles. The molecule has 0 aliphatic carbocycles. The van der Waals surface area contributed by atoms with Crippen LogP contribution in [-0.2, 0) is 7.05 Å². The normalized spacial score (nSPS) is 12.4. The van der Waals surface area contributed by atoms with Gasteiger partial charge < -0.3 is 10.2 Å². The molecule has 1 aromatic carbocycles. The lowest BCUT2D eigenvalue weighted by atomic mass is 10.0. The van der Waals surface area contributed by atoms with E-state index in [4.69, 9.17) is 11.6 Å². The average Bonchev–Trinajstić information content (AvgIpc) is 2.76. The topological polar surface area (TPSA) is 33.1 Å². The van der Waals surface area contributed by atoms with Crippen LogP contribution in [0.5, 0.6) is 0 Å². The average molecular weight is 293 g/mol. The summed E-state index contributed by atoms with van der Waals surface area (Å²) in [5.74, 6) is 0. The van der Waals surface area contributed by atoms with Crippen molar-refractivity contribution < 1.29 is 0 Å². The Morgan fingerprint density at radius 2 is 1.95 bits per heavy atom. The van der Waals surface area contributed by atoms with E-state index in [1.54, 1.807) is 6.20 Å². The van der Waals surface area contributed by atoms with Crippen molar-refractivity contribution in [2.45, 2.75) is 13.0 Å². The van der Waals surface area contributed by atoms with Gasteiger partial charge in [0.05, 0.1) is 23.0 Å². The minimum absolute atomic E-state index is 0.0520. The largest absolute Gasteiger partial charge is 0.378 e. The highest BCUT2D eigenvalue weighted by molar-refractivity contribution is 6.31. The molecule has 1 unspecified atom stereocenters. The number of aromatic nitrogens is 2. The maximum Gasteiger partial charge on any atom is 0.0837 e. The van der Waals surface area contributed by atoms with Gasteiger partial charge in [0.2, 0.25) is 0 Å². The van der Waals surface area contributed by atoms with Crippen molar-refractivity contribution >= 4 is 17.3 Å². The van der Waals surface area contributed by atoms with Crippen LogP contribution >= 0.6 is 11.6 Å². The summed E-state index contributed by atoms with van der Waals surface area (Å²) in [4.78, 5) is 2.09. The molecule has 20 heavy (non-hydrogen) atoms. The summed E-state index contributed by atoms with van der Waals surface area (Å²) in [5.41, 5.74) is 3.36. The van der Waals surface area contributed by atoms with E-state index in [1.165, 1.54) is 11.3 Å². The van der Waals surface area contributed by atoms with Crippen LogP contribution in [0.2, 0.25) is 5.02 Å². The van der Waals surface area contributed by atoms with Crippen molar-refractivity contribution in [2.24, 2.45) is 7.05 Å². The molecule has 0 aliphatic heterocycles.